The van der Waals surface area contributed by atoms with Crippen molar-refractivity contribution < 1.29 is 9.53 Å². The van der Waals surface area contributed by atoms with Crippen LogP contribution in [0.25, 0.3) is 10.9 Å². The van der Waals surface area contributed by atoms with E-state index in [1.807, 2.05) is 19.1 Å². The van der Waals surface area contributed by atoms with Crippen LogP contribution in [0.5, 0.6) is 5.75 Å². The van der Waals surface area contributed by atoms with Crippen LogP contribution in [0, 0.1) is 4.77 Å². The molecule has 27 heavy (non-hydrogen) atoms. The van der Waals surface area contributed by atoms with Gasteiger partial charge in [0.15, 0.2) is 10.9 Å². The number of amides is 1. The average Bonchev–Trinajstić information content (AvgIpc) is 2.66. The lowest BCUT2D eigenvalue weighted by Gasteiger charge is -2.19. The van der Waals surface area contributed by atoms with Gasteiger partial charge in [0.2, 0.25) is 0 Å². The first-order chi connectivity index (χ1) is 13.0. The Hall–Kier alpha value is -2.45. The Labute approximate surface area is 169 Å². The van der Waals surface area contributed by atoms with Gasteiger partial charge in [-0.25, -0.2) is 0 Å². The summed E-state index contributed by atoms with van der Waals surface area (Å²) in [6.07, 6.45) is 0.498. The number of hydrogen-bond acceptors (Lipinski definition) is 4. The number of carbonyl (C=O) groups excluding carboxylic acids is 1. The summed E-state index contributed by atoms with van der Waals surface area (Å²) >= 11 is 8.59. The number of aromatic nitrogens is 2. The lowest BCUT2D eigenvalue weighted by molar-refractivity contribution is -0.124. The fraction of sp³-hybridized carbons (Fsp3) is 0.211. The Morgan fingerprint density at radius 3 is 2.67 bits per heavy atom. The normalized spacial score (nSPS) is 11.9. The summed E-state index contributed by atoms with van der Waals surface area (Å²) < 4.78 is 7.90. The minimum Gasteiger partial charge on any atom is -0.481 e. The molecule has 140 valence electrons. The molecule has 1 heterocycles. The molecule has 1 unspecified atom stereocenters. The van der Waals surface area contributed by atoms with Gasteiger partial charge in [-0.1, -0.05) is 41.4 Å². The number of benzene rings is 2. The second-order valence-corrected chi connectivity index (χ2v) is 7.24. The van der Waals surface area contributed by atoms with Gasteiger partial charge in [0.25, 0.3) is 11.5 Å². The minimum absolute atomic E-state index is 0.117. The van der Waals surface area contributed by atoms with Crippen molar-refractivity contribution in [2.45, 2.75) is 25.9 Å². The number of fused-ring (bicyclic) bond motifs is 1. The zero-order chi connectivity index (χ0) is 19.4. The largest absolute Gasteiger partial charge is 0.481 e. The molecule has 1 atom stereocenters. The maximum atomic E-state index is 12.7. The van der Waals surface area contributed by atoms with E-state index >= 15 is 0 Å². The molecule has 0 bridgehead atoms. The van der Waals surface area contributed by atoms with Crippen molar-refractivity contribution >= 4 is 45.0 Å². The summed E-state index contributed by atoms with van der Waals surface area (Å²) in [5, 5.41) is 0.437. The molecule has 8 heteroatoms. The Kier molecular flexibility index (Phi) is 6.08. The van der Waals surface area contributed by atoms with Crippen LogP contribution in [0.2, 0.25) is 0 Å². The first-order valence-electron chi connectivity index (χ1n) is 8.46. The van der Waals surface area contributed by atoms with Crippen LogP contribution in [0.4, 0.5) is 0 Å². The quantitative estimate of drug-likeness (QED) is 0.556. The summed E-state index contributed by atoms with van der Waals surface area (Å²) in [7, 11) is 0. The van der Waals surface area contributed by atoms with Crippen LogP contribution in [-0.4, -0.2) is 21.7 Å². The molecule has 2 aromatic carbocycles. The molecule has 0 aliphatic heterocycles. The van der Waals surface area contributed by atoms with E-state index in [0.717, 1.165) is 15.6 Å². The summed E-state index contributed by atoms with van der Waals surface area (Å²) in [4.78, 5) is 28.4. The van der Waals surface area contributed by atoms with Crippen molar-refractivity contribution in [3.63, 3.8) is 0 Å². The molecule has 0 spiro atoms. The van der Waals surface area contributed by atoms with E-state index < -0.39 is 12.0 Å². The molecule has 1 aromatic heterocycles. The monoisotopic (exact) mass is 447 g/mol. The number of para-hydroxylation sites is 1. The maximum Gasteiger partial charge on any atom is 0.281 e. The SMILES string of the molecule is CCCC(Oc1ccc(Br)cc1)C(=O)Nn1c(=S)[nH]c2ccccc2c1=O. The van der Waals surface area contributed by atoms with Crippen LogP contribution in [0.3, 0.4) is 0 Å². The minimum atomic E-state index is -0.746. The van der Waals surface area contributed by atoms with Crippen LogP contribution < -0.4 is 15.7 Å². The number of carbonyl (C=O) groups is 1. The van der Waals surface area contributed by atoms with Crippen molar-refractivity contribution in [3.8, 4) is 5.75 Å². The fourth-order valence-electron chi connectivity index (χ4n) is 2.63. The van der Waals surface area contributed by atoms with Gasteiger partial charge in [-0.05, 0) is 55.0 Å². The molecular weight excluding hydrogens is 430 g/mol. The van der Waals surface area contributed by atoms with Crippen LogP contribution >= 0.6 is 28.1 Å². The van der Waals surface area contributed by atoms with Gasteiger partial charge < -0.3 is 9.72 Å². The molecular formula is C19H18BrN3O3S. The van der Waals surface area contributed by atoms with Gasteiger partial charge in [-0.3, -0.25) is 15.0 Å². The van der Waals surface area contributed by atoms with E-state index in [9.17, 15) is 9.59 Å². The number of hydrogen-bond donors (Lipinski definition) is 2. The van der Waals surface area contributed by atoms with Gasteiger partial charge in [0, 0.05) is 4.47 Å². The Bertz CT molecular complexity index is 1080. The molecule has 1 amide bonds. The molecule has 0 fully saturated rings. The average molecular weight is 448 g/mol. The standard InChI is InChI=1S/C19H18BrN3O3S/c1-2-5-16(26-13-10-8-12(20)9-11-13)17(24)22-23-18(25)14-6-3-4-7-15(14)21-19(23)27/h3-4,6-11,16H,2,5H2,1H3,(H,21,27)(H,22,24). The van der Waals surface area contributed by atoms with Crippen molar-refractivity contribution in [1.82, 2.24) is 9.66 Å². The van der Waals surface area contributed by atoms with E-state index in [2.05, 4.69) is 26.3 Å². The predicted molar refractivity (Wildman–Crippen MR) is 111 cm³/mol. The highest BCUT2D eigenvalue weighted by Gasteiger charge is 2.21. The van der Waals surface area contributed by atoms with Gasteiger partial charge in [0.1, 0.15) is 5.75 Å². The number of rotatable bonds is 6. The smallest absolute Gasteiger partial charge is 0.281 e. The summed E-state index contributed by atoms with van der Waals surface area (Å²) in [5.41, 5.74) is 2.81. The second-order valence-electron chi connectivity index (χ2n) is 5.94. The number of aromatic amines is 1. The third kappa shape index (κ3) is 4.45. The van der Waals surface area contributed by atoms with E-state index in [1.54, 1.807) is 36.4 Å². The van der Waals surface area contributed by atoms with E-state index in [-0.39, 0.29) is 10.3 Å². The first-order valence-corrected chi connectivity index (χ1v) is 9.67. The highest BCUT2D eigenvalue weighted by atomic mass is 79.9. The summed E-state index contributed by atoms with van der Waals surface area (Å²) in [5.74, 6) is 0.138. The van der Waals surface area contributed by atoms with Crippen molar-refractivity contribution in [3.05, 3.63) is 68.1 Å². The first kappa shape index (κ1) is 19.3. The molecule has 0 radical (unpaired) electrons. The second kappa shape index (κ2) is 8.49. The van der Waals surface area contributed by atoms with Crippen LogP contribution in [0.1, 0.15) is 19.8 Å². The highest BCUT2D eigenvalue weighted by molar-refractivity contribution is 9.10. The highest BCUT2D eigenvalue weighted by Crippen LogP contribution is 2.18. The van der Waals surface area contributed by atoms with E-state index in [0.29, 0.717) is 23.1 Å². The fourth-order valence-corrected chi connectivity index (χ4v) is 3.13. The third-order valence-corrected chi connectivity index (χ3v) is 4.78. The number of nitrogens with zero attached hydrogens (tertiary/aromatic N) is 1. The lowest BCUT2D eigenvalue weighted by atomic mass is 10.2. The Morgan fingerprint density at radius 2 is 1.96 bits per heavy atom. The Morgan fingerprint density at radius 1 is 1.26 bits per heavy atom. The number of ether oxygens (including phenoxy) is 1. The summed E-state index contributed by atoms with van der Waals surface area (Å²) in [6, 6.07) is 14.2. The number of nitrogens with one attached hydrogen (secondary N) is 2. The molecule has 3 aromatic rings. The maximum absolute atomic E-state index is 12.7. The van der Waals surface area contributed by atoms with Crippen LogP contribution in [0.15, 0.2) is 57.8 Å². The predicted octanol–water partition coefficient (Wildman–Crippen LogP) is 4.14. The number of halogens is 1. The van der Waals surface area contributed by atoms with Crippen molar-refractivity contribution in [2.75, 3.05) is 5.43 Å². The molecule has 3 rings (SSSR count). The third-order valence-electron chi connectivity index (χ3n) is 3.96. The number of H-pyrrole nitrogens is 1. The van der Waals surface area contributed by atoms with Gasteiger partial charge >= 0.3 is 0 Å². The molecule has 0 aliphatic rings. The van der Waals surface area contributed by atoms with E-state index in [1.165, 1.54) is 0 Å². The molecule has 6 nitrogen and oxygen atoms in total. The van der Waals surface area contributed by atoms with Gasteiger partial charge in [0.05, 0.1) is 10.9 Å². The zero-order valence-electron chi connectivity index (χ0n) is 14.6. The van der Waals surface area contributed by atoms with Gasteiger partial charge in [-0.2, -0.15) is 4.68 Å². The topological polar surface area (TPSA) is 76.1 Å². The molecule has 0 saturated heterocycles. The van der Waals surface area contributed by atoms with Gasteiger partial charge in [-0.15, -0.1) is 0 Å². The lowest BCUT2D eigenvalue weighted by Crippen LogP contribution is -2.41. The molecule has 0 aliphatic carbocycles. The Balaban J connectivity index is 1.87. The van der Waals surface area contributed by atoms with Crippen LogP contribution in [-0.2, 0) is 4.79 Å². The summed E-state index contributed by atoms with van der Waals surface area (Å²) in [6.45, 7) is 1.96. The van der Waals surface area contributed by atoms with Crippen molar-refractivity contribution in [1.29, 1.82) is 0 Å². The molecule has 2 N–H and O–H groups in total. The molecule has 0 saturated carbocycles. The van der Waals surface area contributed by atoms with Crippen molar-refractivity contribution in [2.24, 2.45) is 0 Å². The zero-order valence-corrected chi connectivity index (χ0v) is 17.0. The van der Waals surface area contributed by atoms with E-state index in [4.69, 9.17) is 17.0 Å².